The molecule has 0 nitrogen and oxygen atoms in total. The van der Waals surface area contributed by atoms with Gasteiger partial charge in [-0.05, 0) is 82.5 Å². The van der Waals surface area contributed by atoms with Gasteiger partial charge in [-0.15, -0.1) is 0 Å². The molecule has 1 aliphatic carbocycles. The second-order valence-corrected chi connectivity index (χ2v) is 9.24. The van der Waals surface area contributed by atoms with Crippen molar-refractivity contribution in [2.24, 2.45) is 0 Å². The number of aryl methyl sites for hydroxylation is 2. The summed E-state index contributed by atoms with van der Waals surface area (Å²) in [6, 6.07) is 20.3. The zero-order valence-corrected chi connectivity index (χ0v) is 19.9. The van der Waals surface area contributed by atoms with Crippen molar-refractivity contribution in [2.75, 3.05) is 0 Å². The van der Waals surface area contributed by atoms with Gasteiger partial charge in [-0.25, -0.2) is 0 Å². The average Bonchev–Trinajstić information content (AvgIpc) is 2.99. The van der Waals surface area contributed by atoms with Gasteiger partial charge in [0.25, 0.3) is 0 Å². The Morgan fingerprint density at radius 2 is 1.41 bits per heavy atom. The first-order chi connectivity index (χ1) is 15.3. The lowest BCUT2D eigenvalue weighted by atomic mass is 9.80. The molecule has 0 aliphatic heterocycles. The van der Waals surface area contributed by atoms with E-state index >= 15 is 0 Å². The Bertz CT molecular complexity index is 1290. The predicted molar refractivity (Wildman–Crippen MR) is 142 cm³/mol. The zero-order chi connectivity index (χ0) is 23.0. The summed E-state index contributed by atoms with van der Waals surface area (Å²) in [6.07, 6.45) is 8.29. The smallest absolute Gasteiger partial charge is 0.0158 e. The van der Waals surface area contributed by atoms with Crippen molar-refractivity contribution < 1.29 is 0 Å². The number of allylic oxidation sites excluding steroid dienone is 5. The molecule has 160 valence electrons. The minimum absolute atomic E-state index is 0.0579. The normalized spacial score (nSPS) is 14.7. The summed E-state index contributed by atoms with van der Waals surface area (Å²) in [4.78, 5) is 0. The van der Waals surface area contributed by atoms with Crippen LogP contribution in [0.2, 0.25) is 0 Å². The third-order valence-electron chi connectivity index (χ3n) is 6.76. The highest BCUT2D eigenvalue weighted by Crippen LogP contribution is 2.48. The van der Waals surface area contributed by atoms with Gasteiger partial charge in [-0.3, -0.25) is 0 Å². The Labute approximate surface area is 193 Å². The lowest BCUT2D eigenvalue weighted by molar-refractivity contribution is 0.655. The molecule has 0 saturated carbocycles. The van der Waals surface area contributed by atoms with Crippen molar-refractivity contribution in [3.63, 3.8) is 0 Å². The molecular formula is C32H32. The van der Waals surface area contributed by atoms with E-state index in [0.717, 1.165) is 0 Å². The van der Waals surface area contributed by atoms with Crippen LogP contribution >= 0.6 is 0 Å². The van der Waals surface area contributed by atoms with Crippen molar-refractivity contribution in [3.05, 3.63) is 119 Å². The fourth-order valence-electron chi connectivity index (χ4n) is 5.06. The molecule has 4 rings (SSSR count). The van der Waals surface area contributed by atoms with Gasteiger partial charge in [0.05, 0.1) is 0 Å². The summed E-state index contributed by atoms with van der Waals surface area (Å²) in [7, 11) is 0. The average molecular weight is 417 g/mol. The first kappa shape index (κ1) is 21.8. The summed E-state index contributed by atoms with van der Waals surface area (Å²) in [5, 5.41) is 0. The highest BCUT2D eigenvalue weighted by atomic mass is 14.4. The van der Waals surface area contributed by atoms with Crippen molar-refractivity contribution in [3.8, 4) is 22.3 Å². The minimum Gasteiger partial charge on any atom is -0.0987 e. The highest BCUT2D eigenvalue weighted by Gasteiger charge is 2.35. The van der Waals surface area contributed by atoms with E-state index in [9.17, 15) is 0 Å². The van der Waals surface area contributed by atoms with Crippen LogP contribution in [0.4, 0.5) is 0 Å². The zero-order valence-electron chi connectivity index (χ0n) is 19.9. The van der Waals surface area contributed by atoms with Gasteiger partial charge in [0, 0.05) is 5.41 Å². The summed E-state index contributed by atoms with van der Waals surface area (Å²) < 4.78 is 0. The Morgan fingerprint density at radius 1 is 0.750 bits per heavy atom. The molecule has 0 saturated heterocycles. The Morgan fingerprint density at radius 3 is 2.03 bits per heavy atom. The molecule has 0 heterocycles. The van der Waals surface area contributed by atoms with E-state index in [0.29, 0.717) is 0 Å². The molecule has 0 aromatic heterocycles. The number of hydrogen-bond donors (Lipinski definition) is 0. The van der Waals surface area contributed by atoms with Gasteiger partial charge >= 0.3 is 0 Å². The summed E-state index contributed by atoms with van der Waals surface area (Å²) in [5.74, 6) is 0. The summed E-state index contributed by atoms with van der Waals surface area (Å²) in [6.45, 7) is 19.1. The third kappa shape index (κ3) is 3.50. The number of fused-ring (bicyclic) bond motifs is 1. The van der Waals surface area contributed by atoms with Crippen molar-refractivity contribution in [2.45, 2.75) is 40.0 Å². The fourth-order valence-corrected chi connectivity index (χ4v) is 5.06. The lowest BCUT2D eigenvalue weighted by Gasteiger charge is -2.23. The maximum Gasteiger partial charge on any atom is 0.0158 e. The summed E-state index contributed by atoms with van der Waals surface area (Å²) in [5.41, 5.74) is 13.9. The largest absolute Gasteiger partial charge is 0.0987 e. The van der Waals surface area contributed by atoms with Gasteiger partial charge in [-0.2, -0.15) is 0 Å². The van der Waals surface area contributed by atoms with Crippen LogP contribution < -0.4 is 0 Å². The van der Waals surface area contributed by atoms with E-state index in [2.05, 4.69) is 115 Å². The molecule has 3 aromatic carbocycles. The van der Waals surface area contributed by atoms with Crippen LogP contribution in [0.15, 0.2) is 91.6 Å². The van der Waals surface area contributed by atoms with Crippen LogP contribution in [0, 0.1) is 13.8 Å². The first-order valence-corrected chi connectivity index (χ1v) is 11.3. The van der Waals surface area contributed by atoms with Crippen molar-refractivity contribution >= 4 is 11.6 Å². The molecule has 0 unspecified atom stereocenters. The van der Waals surface area contributed by atoms with Gasteiger partial charge in [-0.1, -0.05) is 105 Å². The van der Waals surface area contributed by atoms with Gasteiger partial charge in [0.1, 0.15) is 0 Å². The van der Waals surface area contributed by atoms with Gasteiger partial charge in [0.15, 0.2) is 0 Å². The van der Waals surface area contributed by atoms with E-state index in [4.69, 9.17) is 0 Å². The molecule has 0 amide bonds. The fraction of sp³-hybridized carbons (Fsp3) is 0.188. The topological polar surface area (TPSA) is 0 Å². The van der Waals surface area contributed by atoms with Crippen molar-refractivity contribution in [1.82, 2.24) is 0 Å². The quantitative estimate of drug-likeness (QED) is 0.389. The van der Waals surface area contributed by atoms with E-state index in [1.165, 1.54) is 61.2 Å². The molecule has 1 aliphatic rings. The molecule has 0 fully saturated rings. The Hall–Kier alpha value is -3.38. The van der Waals surface area contributed by atoms with E-state index in [1.807, 2.05) is 12.2 Å². The number of hydrogen-bond acceptors (Lipinski definition) is 0. The number of benzene rings is 3. The third-order valence-corrected chi connectivity index (χ3v) is 6.76. The van der Waals surface area contributed by atoms with E-state index in [1.54, 1.807) is 0 Å². The molecule has 0 bridgehead atoms. The highest BCUT2D eigenvalue weighted by molar-refractivity contribution is 5.89. The van der Waals surface area contributed by atoms with Crippen LogP contribution in [0.1, 0.15) is 48.6 Å². The van der Waals surface area contributed by atoms with Gasteiger partial charge < -0.3 is 0 Å². The minimum atomic E-state index is -0.0579. The van der Waals surface area contributed by atoms with E-state index < -0.39 is 0 Å². The first-order valence-electron chi connectivity index (χ1n) is 11.3. The van der Waals surface area contributed by atoms with Crippen LogP contribution in [0.5, 0.6) is 0 Å². The molecule has 0 radical (unpaired) electrons. The molecule has 0 spiro atoms. The maximum absolute atomic E-state index is 4.11. The Kier molecular flexibility index (Phi) is 5.65. The standard InChI is InChI=1S/C32H32/c1-8-11-28-29-17-14-25(20-31(29)32(6,7)30(28)10-3)24-13-16-26(22(5)19-24)27-15-12-21(4)18-23(27)9-2/h8-20H,2-3H2,1,4-7H3/b11-8-. The van der Waals surface area contributed by atoms with Gasteiger partial charge in [0.2, 0.25) is 0 Å². The molecule has 3 aromatic rings. The van der Waals surface area contributed by atoms with E-state index in [-0.39, 0.29) is 5.41 Å². The molecule has 0 atom stereocenters. The second-order valence-electron chi connectivity index (χ2n) is 9.24. The lowest BCUT2D eigenvalue weighted by Crippen LogP contribution is -2.16. The van der Waals surface area contributed by atoms with Crippen LogP contribution in [0.3, 0.4) is 0 Å². The maximum atomic E-state index is 4.11. The van der Waals surface area contributed by atoms with Crippen LogP contribution in [0.25, 0.3) is 33.9 Å². The summed E-state index contributed by atoms with van der Waals surface area (Å²) >= 11 is 0. The van der Waals surface area contributed by atoms with Crippen LogP contribution in [-0.2, 0) is 5.41 Å². The predicted octanol–water partition coefficient (Wildman–Crippen LogP) is 9.09. The molecule has 32 heavy (non-hydrogen) atoms. The molecule has 0 heteroatoms. The van der Waals surface area contributed by atoms with Crippen LogP contribution in [-0.4, -0.2) is 0 Å². The Balaban J connectivity index is 1.79. The SMILES string of the molecule is C=CC1=C(/C=C\C)c2ccc(-c3ccc(-c4ccc(C)cc4C=C)c(C)c3)cc2C1(C)C. The molecular weight excluding hydrogens is 384 g/mol. The second kappa shape index (κ2) is 8.28. The van der Waals surface area contributed by atoms with Crippen molar-refractivity contribution in [1.29, 1.82) is 0 Å². The molecule has 0 N–H and O–H groups in total. The number of rotatable bonds is 5. The monoisotopic (exact) mass is 416 g/mol.